The van der Waals surface area contributed by atoms with Gasteiger partial charge in [-0.1, -0.05) is 0 Å². The number of alkyl halides is 3. The van der Waals surface area contributed by atoms with Crippen LogP contribution < -0.4 is 5.32 Å². The van der Waals surface area contributed by atoms with Crippen molar-refractivity contribution in [3.8, 4) is 11.4 Å². The van der Waals surface area contributed by atoms with E-state index >= 15 is 0 Å². The van der Waals surface area contributed by atoms with Crippen LogP contribution in [0.4, 0.5) is 23.4 Å². The average molecular weight is 472 g/mol. The van der Waals surface area contributed by atoms with E-state index in [1.807, 2.05) is 0 Å². The molecular formula is C23H20F4N6O. The summed E-state index contributed by atoms with van der Waals surface area (Å²) >= 11 is 0. The zero-order chi connectivity index (χ0) is 23.9. The summed E-state index contributed by atoms with van der Waals surface area (Å²) in [4.78, 5) is 31.0. The van der Waals surface area contributed by atoms with Gasteiger partial charge in [-0.3, -0.25) is 4.79 Å². The van der Waals surface area contributed by atoms with Crippen LogP contribution in [-0.2, 0) is 6.18 Å². The summed E-state index contributed by atoms with van der Waals surface area (Å²) in [6.45, 7) is 0.520. The molecule has 1 amide bonds. The predicted octanol–water partition coefficient (Wildman–Crippen LogP) is 4.20. The second-order valence-corrected chi connectivity index (χ2v) is 8.50. The lowest BCUT2D eigenvalue weighted by atomic mass is 9.76. The molecule has 7 nitrogen and oxygen atoms in total. The summed E-state index contributed by atoms with van der Waals surface area (Å²) in [7, 11) is 0. The van der Waals surface area contributed by atoms with Crippen molar-refractivity contribution < 1.29 is 22.4 Å². The highest BCUT2D eigenvalue weighted by Gasteiger charge is 2.44. The molecular weight excluding hydrogens is 452 g/mol. The number of benzene rings is 1. The van der Waals surface area contributed by atoms with Crippen molar-refractivity contribution in [3.63, 3.8) is 0 Å². The molecule has 3 atom stereocenters. The Bertz CT molecular complexity index is 1190. The Balaban J connectivity index is 1.40. The Hall–Kier alpha value is -3.63. The Morgan fingerprint density at radius 2 is 1.85 bits per heavy atom. The number of halogens is 4. The number of carbonyl (C=O) groups is 1. The van der Waals surface area contributed by atoms with E-state index < -0.39 is 17.7 Å². The summed E-state index contributed by atoms with van der Waals surface area (Å²) in [5, 5.41) is 3.15. The minimum Gasteiger partial charge on any atom is -0.364 e. The lowest BCUT2D eigenvalue weighted by Gasteiger charge is -2.50. The SMILES string of the molecule is O=C(c1cc(F)ccc1-c1ncccn1)N1C[C@@H]2CC[C@H]1[C@H](Nc1cnc(C(F)(F)F)cn1)C2. The minimum atomic E-state index is -4.57. The maximum absolute atomic E-state index is 14.1. The van der Waals surface area contributed by atoms with E-state index in [4.69, 9.17) is 0 Å². The number of aromatic nitrogens is 4. The molecule has 2 saturated heterocycles. The minimum absolute atomic E-state index is 0.173. The monoisotopic (exact) mass is 472 g/mol. The Morgan fingerprint density at radius 1 is 1.06 bits per heavy atom. The van der Waals surface area contributed by atoms with E-state index in [0.29, 0.717) is 30.6 Å². The summed E-state index contributed by atoms with van der Waals surface area (Å²) in [5.41, 5.74) is -0.458. The van der Waals surface area contributed by atoms with Crippen LogP contribution in [0.25, 0.3) is 11.4 Å². The van der Waals surface area contributed by atoms with Crippen molar-refractivity contribution in [2.75, 3.05) is 11.9 Å². The third-order valence-corrected chi connectivity index (χ3v) is 6.33. The predicted molar refractivity (Wildman–Crippen MR) is 114 cm³/mol. The number of fused-ring (bicyclic) bond motifs is 3. The standard InChI is InChI=1S/C23H20F4N6O/c24-14-3-4-15(21-28-6-1-7-29-21)16(9-14)22(34)33-12-13-2-5-18(33)17(8-13)32-20-11-30-19(10-31-20)23(25,26)27/h1,3-4,6-7,9-11,13,17-18H,2,5,8,12H2,(H,31,32)/t13-,17-,18+/m1/s1. The highest BCUT2D eigenvalue weighted by atomic mass is 19.4. The molecule has 1 N–H and O–H groups in total. The molecule has 4 heterocycles. The van der Waals surface area contributed by atoms with Crippen LogP contribution in [0.1, 0.15) is 35.3 Å². The van der Waals surface area contributed by atoms with Gasteiger partial charge in [0.15, 0.2) is 11.5 Å². The van der Waals surface area contributed by atoms with E-state index in [9.17, 15) is 22.4 Å². The Labute approximate surface area is 192 Å². The number of piperidine rings is 2. The lowest BCUT2D eigenvalue weighted by Crippen LogP contribution is -2.59. The van der Waals surface area contributed by atoms with Gasteiger partial charge in [0.1, 0.15) is 11.6 Å². The van der Waals surface area contributed by atoms with Gasteiger partial charge in [0, 0.05) is 30.5 Å². The van der Waals surface area contributed by atoms with Gasteiger partial charge in [-0.2, -0.15) is 13.2 Å². The number of rotatable bonds is 4. The van der Waals surface area contributed by atoms with E-state index in [1.54, 1.807) is 23.4 Å². The summed E-state index contributed by atoms with van der Waals surface area (Å²) in [6.07, 6.45) is 2.66. The number of nitrogens with zero attached hydrogens (tertiary/aromatic N) is 5. The molecule has 1 saturated carbocycles. The number of nitrogens with one attached hydrogen (secondary N) is 1. The molecule has 0 radical (unpaired) electrons. The molecule has 1 aliphatic carbocycles. The molecule has 3 aliphatic rings. The number of hydrogen-bond acceptors (Lipinski definition) is 6. The Morgan fingerprint density at radius 3 is 2.53 bits per heavy atom. The van der Waals surface area contributed by atoms with Gasteiger partial charge in [-0.05, 0) is 49.4 Å². The van der Waals surface area contributed by atoms with Crippen LogP contribution in [0.15, 0.2) is 49.1 Å². The topological polar surface area (TPSA) is 83.9 Å². The highest BCUT2D eigenvalue weighted by molar-refractivity contribution is 6.00. The molecule has 34 heavy (non-hydrogen) atoms. The third kappa shape index (κ3) is 4.29. The lowest BCUT2D eigenvalue weighted by molar-refractivity contribution is -0.141. The summed E-state index contributed by atoms with van der Waals surface area (Å²) in [6, 6.07) is 5.16. The van der Waals surface area contributed by atoms with E-state index in [1.165, 1.54) is 18.2 Å². The molecule has 0 unspecified atom stereocenters. The second kappa shape index (κ2) is 8.62. The van der Waals surface area contributed by atoms with E-state index in [0.717, 1.165) is 19.0 Å². The van der Waals surface area contributed by atoms with Crippen molar-refractivity contribution in [3.05, 3.63) is 66.1 Å². The first-order chi connectivity index (χ1) is 16.3. The van der Waals surface area contributed by atoms with E-state index in [-0.39, 0.29) is 35.3 Å². The molecule has 11 heteroatoms. The van der Waals surface area contributed by atoms with Gasteiger partial charge in [-0.25, -0.2) is 24.3 Å². The van der Waals surface area contributed by atoms with Crippen LogP contribution in [0, 0.1) is 11.7 Å². The van der Waals surface area contributed by atoms with Crippen molar-refractivity contribution in [1.82, 2.24) is 24.8 Å². The molecule has 0 spiro atoms. The van der Waals surface area contributed by atoms with Crippen molar-refractivity contribution in [2.45, 2.75) is 37.5 Å². The number of anilines is 1. The molecule has 3 aromatic rings. The van der Waals surface area contributed by atoms with Gasteiger partial charge in [0.25, 0.3) is 5.91 Å². The number of carbonyl (C=O) groups excluding carboxylic acids is 1. The van der Waals surface area contributed by atoms with Crippen LogP contribution in [0.2, 0.25) is 0 Å². The van der Waals surface area contributed by atoms with Crippen molar-refractivity contribution in [2.24, 2.45) is 5.92 Å². The normalized spacial score (nSPS) is 22.0. The van der Waals surface area contributed by atoms with Gasteiger partial charge in [-0.15, -0.1) is 0 Å². The fourth-order valence-electron chi connectivity index (χ4n) is 4.80. The number of amides is 1. The van der Waals surface area contributed by atoms with Crippen molar-refractivity contribution >= 4 is 11.7 Å². The summed E-state index contributed by atoms with van der Waals surface area (Å²) < 4.78 is 52.5. The average Bonchev–Trinajstić information content (AvgIpc) is 2.84. The number of hydrogen-bond donors (Lipinski definition) is 1. The molecule has 2 aromatic heterocycles. The largest absolute Gasteiger partial charge is 0.434 e. The molecule has 3 fully saturated rings. The molecule has 2 aliphatic heterocycles. The Kier molecular flexibility index (Phi) is 5.62. The maximum atomic E-state index is 14.1. The maximum Gasteiger partial charge on any atom is 0.434 e. The van der Waals surface area contributed by atoms with Crippen LogP contribution >= 0.6 is 0 Å². The van der Waals surface area contributed by atoms with Crippen LogP contribution in [0.5, 0.6) is 0 Å². The van der Waals surface area contributed by atoms with Crippen LogP contribution in [-0.4, -0.2) is 49.4 Å². The van der Waals surface area contributed by atoms with E-state index in [2.05, 4.69) is 25.3 Å². The van der Waals surface area contributed by atoms with Gasteiger partial charge in [0.05, 0.1) is 24.0 Å². The highest BCUT2D eigenvalue weighted by Crippen LogP contribution is 2.38. The van der Waals surface area contributed by atoms with Gasteiger partial charge < -0.3 is 10.2 Å². The smallest absolute Gasteiger partial charge is 0.364 e. The fraction of sp³-hybridized carbons (Fsp3) is 0.348. The first kappa shape index (κ1) is 22.2. The van der Waals surface area contributed by atoms with Crippen molar-refractivity contribution in [1.29, 1.82) is 0 Å². The van der Waals surface area contributed by atoms with Gasteiger partial charge in [0.2, 0.25) is 0 Å². The summed E-state index contributed by atoms with van der Waals surface area (Å²) in [5.74, 6) is -0.134. The first-order valence-corrected chi connectivity index (χ1v) is 10.8. The molecule has 2 bridgehead atoms. The second-order valence-electron chi connectivity index (χ2n) is 8.50. The quantitative estimate of drug-likeness (QED) is 0.573. The zero-order valence-electron chi connectivity index (χ0n) is 17.8. The first-order valence-electron chi connectivity index (χ1n) is 10.8. The zero-order valence-corrected chi connectivity index (χ0v) is 17.8. The molecule has 176 valence electrons. The molecule has 1 aromatic carbocycles. The fourth-order valence-corrected chi connectivity index (χ4v) is 4.80. The van der Waals surface area contributed by atoms with Crippen LogP contribution in [0.3, 0.4) is 0 Å². The van der Waals surface area contributed by atoms with Gasteiger partial charge >= 0.3 is 6.18 Å². The third-order valence-electron chi connectivity index (χ3n) is 6.33. The molecule has 6 rings (SSSR count).